The fraction of sp³-hybridized carbons (Fsp3) is 0.250. The molecule has 0 saturated carbocycles. The van der Waals surface area contributed by atoms with Crippen LogP contribution < -0.4 is 20.9 Å². The maximum atomic E-state index is 13.3. The van der Waals surface area contributed by atoms with Gasteiger partial charge in [0.2, 0.25) is 5.91 Å². The van der Waals surface area contributed by atoms with Gasteiger partial charge in [0.25, 0.3) is 5.91 Å². The van der Waals surface area contributed by atoms with Gasteiger partial charge in [-0.2, -0.15) is 0 Å². The van der Waals surface area contributed by atoms with E-state index in [0.717, 1.165) is 27.9 Å². The number of hydrazine groups is 1. The molecule has 2 amide bonds. The molecule has 3 N–H and O–H groups in total. The molecular weight excluding hydrogens is 564 g/mol. The number of amides is 2. The van der Waals surface area contributed by atoms with Crippen molar-refractivity contribution in [1.29, 1.82) is 0 Å². The second-order valence-electron chi connectivity index (χ2n) is 11.0. The number of guanidine groups is 1. The van der Waals surface area contributed by atoms with Gasteiger partial charge < -0.3 is 20.3 Å². The highest BCUT2D eigenvalue weighted by atomic mass is 16.5. The zero-order valence-electron chi connectivity index (χ0n) is 25.9. The van der Waals surface area contributed by atoms with Crippen molar-refractivity contribution in [3.8, 4) is 5.75 Å². The third-order valence-electron chi connectivity index (χ3n) is 7.73. The maximum Gasteiger partial charge on any atom is 0.260 e. The molecule has 1 heterocycles. The smallest absolute Gasteiger partial charge is 0.260 e. The largest absolute Gasteiger partial charge is 0.491 e. The van der Waals surface area contributed by atoms with Crippen molar-refractivity contribution in [2.24, 2.45) is 10.7 Å². The Balaban J connectivity index is 1.18. The number of anilines is 1. The first-order chi connectivity index (χ1) is 21.9. The van der Waals surface area contributed by atoms with E-state index in [1.165, 1.54) is 5.01 Å². The Kier molecular flexibility index (Phi) is 10.4. The van der Waals surface area contributed by atoms with Crippen LogP contribution in [0.2, 0.25) is 0 Å². The molecule has 0 saturated heterocycles. The summed E-state index contributed by atoms with van der Waals surface area (Å²) in [5.74, 6) is 0.778. The minimum atomic E-state index is -0.154. The molecule has 45 heavy (non-hydrogen) atoms. The minimum Gasteiger partial charge on any atom is -0.491 e. The highest BCUT2D eigenvalue weighted by Gasteiger charge is 2.25. The van der Waals surface area contributed by atoms with E-state index < -0.39 is 0 Å². The van der Waals surface area contributed by atoms with E-state index >= 15 is 0 Å². The van der Waals surface area contributed by atoms with Crippen LogP contribution in [0.3, 0.4) is 0 Å². The van der Waals surface area contributed by atoms with Crippen LogP contribution in [0.15, 0.2) is 108 Å². The van der Waals surface area contributed by atoms with E-state index in [-0.39, 0.29) is 24.3 Å². The summed E-state index contributed by atoms with van der Waals surface area (Å²) in [6.45, 7) is 3.89. The molecule has 0 unspecified atom stereocenters. The Hall–Kier alpha value is -5.15. The van der Waals surface area contributed by atoms with Crippen LogP contribution in [-0.4, -0.2) is 47.8 Å². The Bertz CT molecular complexity index is 1590. The van der Waals surface area contributed by atoms with Crippen LogP contribution in [0.1, 0.15) is 35.1 Å². The molecule has 0 aliphatic carbocycles. The molecule has 9 nitrogen and oxygen atoms in total. The zero-order valence-corrected chi connectivity index (χ0v) is 25.9. The van der Waals surface area contributed by atoms with Gasteiger partial charge in [-0.3, -0.25) is 9.59 Å². The molecule has 5 rings (SSSR count). The van der Waals surface area contributed by atoms with E-state index in [1.807, 2.05) is 115 Å². The van der Waals surface area contributed by atoms with Gasteiger partial charge in [-0.1, -0.05) is 91.0 Å². The van der Waals surface area contributed by atoms with E-state index in [0.29, 0.717) is 50.5 Å². The van der Waals surface area contributed by atoms with E-state index in [1.54, 1.807) is 11.9 Å². The lowest BCUT2D eigenvalue weighted by Gasteiger charge is -2.31. The number of aryl methyl sites for hydroxylation is 1. The number of nitrogens with two attached hydrogens (primary N) is 1. The number of nitrogens with one attached hydrogen (secondary N) is 1. The monoisotopic (exact) mass is 604 g/mol. The van der Waals surface area contributed by atoms with Crippen molar-refractivity contribution in [2.45, 2.75) is 39.4 Å². The number of rotatable bonds is 13. The molecular formula is C36H40N6O3. The predicted octanol–water partition coefficient (Wildman–Crippen LogP) is 5.31. The summed E-state index contributed by atoms with van der Waals surface area (Å²) >= 11 is 0. The van der Waals surface area contributed by atoms with Crippen LogP contribution >= 0.6 is 0 Å². The summed E-state index contributed by atoms with van der Waals surface area (Å²) in [4.78, 5) is 34.9. The Morgan fingerprint density at radius 3 is 2.16 bits per heavy atom. The van der Waals surface area contributed by atoms with Crippen LogP contribution in [0.4, 0.5) is 11.4 Å². The van der Waals surface area contributed by atoms with Crippen LogP contribution in [0, 0.1) is 6.92 Å². The van der Waals surface area contributed by atoms with Gasteiger partial charge in [-0.05, 0) is 42.2 Å². The van der Waals surface area contributed by atoms with E-state index in [2.05, 4.69) is 10.4 Å². The summed E-state index contributed by atoms with van der Waals surface area (Å²) in [7, 11) is 1.72. The van der Waals surface area contributed by atoms with E-state index in [9.17, 15) is 9.59 Å². The first kappa shape index (κ1) is 31.3. The van der Waals surface area contributed by atoms with Gasteiger partial charge >= 0.3 is 0 Å². The topological polar surface area (TPSA) is 104 Å². The summed E-state index contributed by atoms with van der Waals surface area (Å²) in [5, 5.41) is 1.53. The lowest BCUT2D eigenvalue weighted by molar-refractivity contribution is -0.132. The fourth-order valence-corrected chi connectivity index (χ4v) is 5.38. The molecule has 0 atom stereocenters. The molecule has 9 heteroatoms. The molecule has 4 aromatic carbocycles. The predicted molar refractivity (Wildman–Crippen MR) is 178 cm³/mol. The lowest BCUT2D eigenvalue weighted by Crippen LogP contribution is -2.50. The minimum absolute atomic E-state index is 0.0552. The SMILES string of the molecule is CNN(C(=O)CN1Cc2cccc(OCCCC(=O)N(Cc3ccccc3)Cc3ccccc3)c2N=C1N)c1ccccc1C. The highest BCUT2D eigenvalue weighted by molar-refractivity contribution is 5.97. The maximum absolute atomic E-state index is 13.3. The van der Waals surface area contributed by atoms with Gasteiger partial charge in [-0.15, -0.1) is 0 Å². The first-order valence-electron chi connectivity index (χ1n) is 15.2. The molecule has 0 spiro atoms. The number of carbonyl (C=O) groups is 2. The molecule has 0 radical (unpaired) electrons. The number of carbonyl (C=O) groups excluding carboxylic acids is 2. The van der Waals surface area contributed by atoms with Crippen LogP contribution in [-0.2, 0) is 29.2 Å². The van der Waals surface area contributed by atoms with Crippen molar-refractivity contribution in [2.75, 3.05) is 25.2 Å². The summed E-state index contributed by atoms with van der Waals surface area (Å²) in [6, 6.07) is 33.5. The van der Waals surface area contributed by atoms with Gasteiger partial charge in [0.1, 0.15) is 18.0 Å². The molecule has 1 aliphatic heterocycles. The Labute approximate surface area is 264 Å². The molecule has 4 aromatic rings. The number of hydrogen-bond donors (Lipinski definition) is 2. The van der Waals surface area contributed by atoms with E-state index in [4.69, 9.17) is 10.5 Å². The number of ether oxygens (including phenoxy) is 1. The van der Waals surface area contributed by atoms with Crippen molar-refractivity contribution in [1.82, 2.24) is 15.2 Å². The Morgan fingerprint density at radius 2 is 1.51 bits per heavy atom. The molecule has 0 aromatic heterocycles. The lowest BCUT2D eigenvalue weighted by atomic mass is 10.1. The summed E-state index contributed by atoms with van der Waals surface area (Å²) in [5.41, 5.74) is 14.9. The number of nitrogens with zero attached hydrogens (tertiary/aromatic N) is 4. The molecule has 1 aliphatic rings. The second-order valence-corrected chi connectivity index (χ2v) is 11.0. The quantitative estimate of drug-likeness (QED) is 0.158. The van der Waals surface area contributed by atoms with Gasteiger partial charge in [0.15, 0.2) is 5.96 Å². The average molecular weight is 605 g/mol. The second kappa shape index (κ2) is 15.0. The first-order valence-corrected chi connectivity index (χ1v) is 15.2. The third kappa shape index (κ3) is 8.07. The standard InChI is InChI=1S/C36H40N6O3/c1-27-13-9-10-19-31(27)42(38-2)34(44)26-41-25-30-18-11-20-32(35(30)39-36(41)37)45-22-12-21-33(43)40(23-28-14-5-3-6-15-28)24-29-16-7-4-8-17-29/h3-11,13-20,38H,12,21-26H2,1-2H3,(H2,37,39). The number of para-hydroxylation sites is 2. The molecule has 232 valence electrons. The van der Waals surface area contributed by atoms with Crippen molar-refractivity contribution < 1.29 is 14.3 Å². The van der Waals surface area contributed by atoms with Crippen LogP contribution in [0.5, 0.6) is 5.75 Å². The summed E-state index contributed by atoms with van der Waals surface area (Å²) < 4.78 is 6.13. The number of aliphatic imine (C=N–C) groups is 1. The van der Waals surface area contributed by atoms with Crippen molar-refractivity contribution >= 4 is 29.1 Å². The highest BCUT2D eigenvalue weighted by Crippen LogP contribution is 2.35. The van der Waals surface area contributed by atoms with Crippen molar-refractivity contribution in [3.05, 3.63) is 125 Å². The normalized spacial score (nSPS) is 12.2. The molecule has 0 bridgehead atoms. The molecule has 0 fully saturated rings. The van der Waals surface area contributed by atoms with Crippen molar-refractivity contribution in [3.63, 3.8) is 0 Å². The van der Waals surface area contributed by atoms with Crippen LogP contribution in [0.25, 0.3) is 0 Å². The van der Waals surface area contributed by atoms with Gasteiger partial charge in [0.05, 0.1) is 12.3 Å². The average Bonchev–Trinajstić information content (AvgIpc) is 3.05. The number of fused-ring (bicyclic) bond motifs is 1. The van der Waals surface area contributed by atoms with Gasteiger partial charge in [0, 0.05) is 38.7 Å². The van der Waals surface area contributed by atoms with Gasteiger partial charge in [-0.25, -0.2) is 15.4 Å². The Morgan fingerprint density at radius 1 is 0.867 bits per heavy atom. The third-order valence-corrected chi connectivity index (χ3v) is 7.73. The summed E-state index contributed by atoms with van der Waals surface area (Å²) in [6.07, 6.45) is 0.917. The zero-order chi connectivity index (χ0) is 31.6. The number of benzene rings is 4. The number of hydrogen-bond acceptors (Lipinski definition) is 7. The fourth-order valence-electron chi connectivity index (χ4n) is 5.38.